The van der Waals surface area contributed by atoms with Crippen molar-refractivity contribution in [2.45, 2.75) is 45.4 Å². The summed E-state index contributed by atoms with van der Waals surface area (Å²) in [6.45, 7) is 5.85. The fourth-order valence-electron chi connectivity index (χ4n) is 5.07. The molecule has 38 heavy (non-hydrogen) atoms. The molecule has 3 heterocycles. The van der Waals surface area contributed by atoms with Gasteiger partial charge in [-0.3, -0.25) is 9.78 Å². The second-order valence-corrected chi connectivity index (χ2v) is 10.6. The normalized spacial score (nSPS) is 19.3. The molecule has 1 atom stereocenters. The lowest BCUT2D eigenvalue weighted by Crippen LogP contribution is -2.54. The average Bonchev–Trinajstić information content (AvgIpc) is 3.27. The van der Waals surface area contributed by atoms with Crippen LogP contribution in [0.25, 0.3) is 11.8 Å². The van der Waals surface area contributed by atoms with Crippen LogP contribution in [-0.4, -0.2) is 50.2 Å². The Bertz CT molecular complexity index is 1410. The van der Waals surface area contributed by atoms with Gasteiger partial charge in [0.15, 0.2) is 5.78 Å². The molecular weight excluding hydrogens is 497 g/mol. The summed E-state index contributed by atoms with van der Waals surface area (Å²) in [7, 11) is 0. The number of Topliss-reactive ketones (excluding diaryl/α,β-unsaturated/α-hetero) is 1. The van der Waals surface area contributed by atoms with E-state index in [4.69, 9.17) is 4.74 Å². The van der Waals surface area contributed by atoms with Crippen LogP contribution in [0.15, 0.2) is 60.4 Å². The fraction of sp³-hybridized carbons (Fsp3) is 0.357. The first-order valence-corrected chi connectivity index (χ1v) is 12.3. The highest BCUT2D eigenvalue weighted by Gasteiger charge is 2.50. The second kappa shape index (κ2) is 9.11. The largest absolute Gasteiger partial charge is 0.444 e. The smallest absolute Gasteiger partial charge is 0.416 e. The molecule has 1 aliphatic heterocycles. The van der Waals surface area contributed by atoms with Crippen LogP contribution < -0.4 is 0 Å². The molecule has 2 aliphatic rings. The second-order valence-electron chi connectivity index (χ2n) is 10.6. The molecule has 2 aromatic heterocycles. The minimum absolute atomic E-state index is 0.119. The van der Waals surface area contributed by atoms with E-state index in [-0.39, 0.29) is 18.7 Å². The van der Waals surface area contributed by atoms with Gasteiger partial charge in [0.1, 0.15) is 11.3 Å². The third-order valence-corrected chi connectivity index (χ3v) is 6.84. The number of aromatic nitrogens is 3. The molecule has 1 fully saturated rings. The van der Waals surface area contributed by atoms with Gasteiger partial charge in [-0.2, -0.15) is 18.3 Å². The molecule has 1 aromatic carbocycles. The van der Waals surface area contributed by atoms with Crippen LogP contribution in [0.1, 0.15) is 54.5 Å². The summed E-state index contributed by atoms with van der Waals surface area (Å²) in [6.07, 6.45) is 0.836. The lowest BCUT2D eigenvalue weighted by Gasteiger charge is -2.45. The van der Waals surface area contributed by atoms with Gasteiger partial charge in [0, 0.05) is 19.3 Å². The van der Waals surface area contributed by atoms with Gasteiger partial charge in [0.05, 0.1) is 28.6 Å². The van der Waals surface area contributed by atoms with Crippen LogP contribution in [0.4, 0.5) is 18.0 Å². The molecule has 7 nitrogen and oxygen atoms in total. The van der Waals surface area contributed by atoms with E-state index < -0.39 is 28.8 Å². The van der Waals surface area contributed by atoms with Crippen LogP contribution in [0.2, 0.25) is 0 Å². The minimum atomic E-state index is -4.43. The van der Waals surface area contributed by atoms with Gasteiger partial charge < -0.3 is 9.64 Å². The van der Waals surface area contributed by atoms with Gasteiger partial charge in [0.2, 0.25) is 0 Å². The first kappa shape index (κ1) is 25.7. The molecule has 0 spiro atoms. The number of pyridine rings is 1. The van der Waals surface area contributed by atoms with E-state index in [1.807, 2.05) is 6.08 Å². The van der Waals surface area contributed by atoms with Gasteiger partial charge >= 0.3 is 12.3 Å². The molecular formula is C28H27F3N4O3. The number of hydrogen-bond acceptors (Lipinski definition) is 5. The maximum atomic E-state index is 14.0. The van der Waals surface area contributed by atoms with E-state index in [1.165, 1.54) is 12.1 Å². The van der Waals surface area contributed by atoms with Gasteiger partial charge in [-0.1, -0.05) is 11.6 Å². The van der Waals surface area contributed by atoms with Crippen molar-refractivity contribution in [1.29, 1.82) is 0 Å². The first-order chi connectivity index (χ1) is 17.9. The SMILES string of the molecule is CC(C)(C)OC(=O)N1CCC2=Cc3c(cnn3-c3ccc(C(F)(F)F)cc3)C[C@]2(C(=O)c2ccccn2)C1. The number of ether oxygens (including phenoxy) is 1. The quantitative estimate of drug-likeness (QED) is 0.409. The Morgan fingerprint density at radius 1 is 1.05 bits per heavy atom. The van der Waals surface area contributed by atoms with Gasteiger partial charge in [0.25, 0.3) is 0 Å². The average molecular weight is 525 g/mol. The first-order valence-electron chi connectivity index (χ1n) is 12.3. The summed E-state index contributed by atoms with van der Waals surface area (Å²) < 4.78 is 46.3. The van der Waals surface area contributed by atoms with Crippen LogP contribution in [-0.2, 0) is 17.3 Å². The zero-order valence-corrected chi connectivity index (χ0v) is 21.2. The van der Waals surface area contributed by atoms with Crippen molar-refractivity contribution < 1.29 is 27.5 Å². The Labute approximate surface area is 217 Å². The standard InChI is InChI=1S/C28H27F3N4O3/c1-26(2,3)38-25(37)34-13-11-20-14-23-18(15-27(20,17-34)24(36)22-6-4-5-12-32-22)16-33-35(23)21-9-7-19(8-10-21)28(29,30)31/h4-10,12,14,16H,11,13,15,17H2,1-3H3/t27-/m0/s1. The number of piperidine rings is 1. The molecule has 1 amide bonds. The molecule has 0 radical (unpaired) electrons. The summed E-state index contributed by atoms with van der Waals surface area (Å²) in [5.41, 5.74) is 0.565. The predicted octanol–water partition coefficient (Wildman–Crippen LogP) is 5.74. The van der Waals surface area contributed by atoms with Crippen LogP contribution >= 0.6 is 0 Å². The molecule has 198 valence electrons. The highest BCUT2D eigenvalue weighted by atomic mass is 19.4. The molecule has 5 rings (SSSR count). The number of halogens is 3. The zero-order chi connectivity index (χ0) is 27.3. The molecule has 0 bridgehead atoms. The number of benzene rings is 1. The molecule has 10 heteroatoms. The third-order valence-electron chi connectivity index (χ3n) is 6.84. The highest BCUT2D eigenvalue weighted by molar-refractivity contribution is 6.03. The summed E-state index contributed by atoms with van der Waals surface area (Å²) in [6, 6.07) is 9.92. The zero-order valence-electron chi connectivity index (χ0n) is 21.2. The lowest BCUT2D eigenvalue weighted by molar-refractivity contribution is -0.137. The third kappa shape index (κ3) is 4.70. The minimum Gasteiger partial charge on any atom is -0.444 e. The van der Waals surface area contributed by atoms with Crippen molar-refractivity contribution >= 4 is 18.0 Å². The van der Waals surface area contributed by atoms with Crippen molar-refractivity contribution in [3.05, 3.63) is 82.9 Å². The Morgan fingerprint density at radius 3 is 2.42 bits per heavy atom. The number of carbonyl (C=O) groups is 2. The maximum absolute atomic E-state index is 14.0. The fourth-order valence-corrected chi connectivity index (χ4v) is 5.07. The van der Waals surface area contributed by atoms with Crippen LogP contribution in [0.3, 0.4) is 0 Å². The summed E-state index contributed by atoms with van der Waals surface area (Å²) in [5.74, 6) is -0.203. The van der Waals surface area contributed by atoms with Crippen molar-refractivity contribution in [2.75, 3.05) is 13.1 Å². The van der Waals surface area contributed by atoms with E-state index in [1.54, 1.807) is 60.9 Å². The number of carbonyl (C=O) groups excluding carboxylic acids is 2. The molecule has 3 aromatic rings. The number of nitrogens with zero attached hydrogens (tertiary/aromatic N) is 4. The molecule has 0 unspecified atom stereocenters. The number of alkyl halides is 3. The van der Waals surface area contributed by atoms with E-state index in [9.17, 15) is 22.8 Å². The van der Waals surface area contributed by atoms with Gasteiger partial charge in [-0.25, -0.2) is 9.48 Å². The van der Waals surface area contributed by atoms with Crippen molar-refractivity contribution in [1.82, 2.24) is 19.7 Å². The number of ketones is 1. The van der Waals surface area contributed by atoms with E-state index >= 15 is 0 Å². The van der Waals surface area contributed by atoms with Crippen molar-refractivity contribution in [3.8, 4) is 5.69 Å². The summed E-state index contributed by atoms with van der Waals surface area (Å²) in [5, 5.41) is 4.44. The highest BCUT2D eigenvalue weighted by Crippen LogP contribution is 2.46. The topological polar surface area (TPSA) is 77.3 Å². The predicted molar refractivity (Wildman–Crippen MR) is 134 cm³/mol. The molecule has 1 saturated heterocycles. The van der Waals surface area contributed by atoms with Gasteiger partial charge in [-0.05, 0) is 81.7 Å². The van der Waals surface area contributed by atoms with Crippen molar-refractivity contribution in [3.63, 3.8) is 0 Å². The Balaban J connectivity index is 1.54. The monoisotopic (exact) mass is 524 g/mol. The number of likely N-dealkylation sites (tertiary alicyclic amines) is 1. The number of amides is 1. The number of fused-ring (bicyclic) bond motifs is 2. The lowest BCUT2D eigenvalue weighted by atomic mass is 9.65. The molecule has 0 N–H and O–H groups in total. The summed E-state index contributed by atoms with van der Waals surface area (Å²) >= 11 is 0. The number of rotatable bonds is 3. The number of hydrogen-bond donors (Lipinski definition) is 0. The van der Waals surface area contributed by atoms with E-state index in [2.05, 4.69) is 10.1 Å². The Morgan fingerprint density at radius 2 is 1.79 bits per heavy atom. The Hall–Kier alpha value is -3.95. The van der Waals surface area contributed by atoms with Crippen LogP contribution in [0, 0.1) is 5.41 Å². The van der Waals surface area contributed by atoms with Gasteiger partial charge in [-0.15, -0.1) is 0 Å². The van der Waals surface area contributed by atoms with Crippen molar-refractivity contribution in [2.24, 2.45) is 5.41 Å². The molecule has 1 aliphatic carbocycles. The summed E-state index contributed by atoms with van der Waals surface area (Å²) in [4.78, 5) is 32.8. The van der Waals surface area contributed by atoms with Crippen LogP contribution in [0.5, 0.6) is 0 Å². The Kier molecular flexibility index (Phi) is 6.16. The molecule has 0 saturated carbocycles. The van der Waals surface area contributed by atoms with E-state index in [0.29, 0.717) is 30.0 Å². The maximum Gasteiger partial charge on any atom is 0.416 e. The van der Waals surface area contributed by atoms with E-state index in [0.717, 1.165) is 23.3 Å².